The van der Waals surface area contributed by atoms with Crippen LogP contribution in [0.3, 0.4) is 0 Å². The highest BCUT2D eigenvalue weighted by atomic mass is 19.4. The Balaban J connectivity index is 7.29. The summed E-state index contributed by atoms with van der Waals surface area (Å²) in [6, 6.07) is 0. The lowest BCUT2D eigenvalue weighted by Gasteiger charge is -2.31. The topological polar surface area (TPSA) is 0 Å². The molecule has 0 saturated carbocycles. The van der Waals surface area contributed by atoms with Gasteiger partial charge in [-0.05, 0) is 0 Å². The molecule has 144 valence electrons. The van der Waals surface area contributed by atoms with Gasteiger partial charge in [-0.15, -0.1) is 0 Å². The van der Waals surface area contributed by atoms with Gasteiger partial charge in [0.15, 0.2) is 0 Å². The van der Waals surface area contributed by atoms with Gasteiger partial charge in [-0.3, -0.25) is 0 Å². The molecule has 0 fully saturated rings. The fourth-order valence-corrected chi connectivity index (χ4v) is 1.24. The molecule has 0 aliphatic heterocycles. The van der Waals surface area contributed by atoms with Gasteiger partial charge in [0, 0.05) is 0 Å². The average molecular weight is 400 g/mol. The van der Waals surface area contributed by atoms with Gasteiger partial charge in [-0.2, -0.15) is 70.2 Å². The summed E-state index contributed by atoms with van der Waals surface area (Å²) in [5.41, 5.74) is -10.8. The van der Waals surface area contributed by atoms with E-state index < -0.39 is 47.7 Å². The lowest BCUT2D eigenvalue weighted by molar-refractivity contribution is -0.299. The Bertz CT molecular complexity index is 444. The predicted molar refractivity (Wildman–Crippen MR) is 41.1 cm³/mol. The monoisotopic (exact) mass is 400 g/mol. The minimum Gasteiger partial charge on any atom is -0.191 e. The molecule has 0 aromatic carbocycles. The standard InChI is InChI=1S/C8F16/c9-3(10,7(19,20)21)1(5(13,14)15)2(6(16,17)18)4(11,12)8(22,23)24. The van der Waals surface area contributed by atoms with Crippen LogP contribution in [0, 0.1) is 0 Å². The third kappa shape index (κ3) is 3.99. The van der Waals surface area contributed by atoms with E-state index >= 15 is 0 Å². The third-order valence-electron chi connectivity index (χ3n) is 2.16. The Hall–Kier alpha value is -1.38. The molecular formula is C8F16. The molecule has 0 aromatic heterocycles. The fourth-order valence-electron chi connectivity index (χ4n) is 1.24. The quantitative estimate of drug-likeness (QED) is 0.406. The van der Waals surface area contributed by atoms with Gasteiger partial charge in [-0.25, -0.2) is 0 Å². The van der Waals surface area contributed by atoms with Crippen LogP contribution in [0.2, 0.25) is 0 Å². The zero-order valence-corrected chi connectivity index (χ0v) is 10.0. The van der Waals surface area contributed by atoms with E-state index in [1.54, 1.807) is 0 Å². The van der Waals surface area contributed by atoms with Crippen molar-refractivity contribution < 1.29 is 70.2 Å². The summed E-state index contributed by atoms with van der Waals surface area (Å²) in [4.78, 5) is 0. The molecule has 0 saturated heterocycles. The molecule has 0 unspecified atom stereocenters. The van der Waals surface area contributed by atoms with E-state index in [1.807, 2.05) is 0 Å². The molecule has 0 spiro atoms. The van der Waals surface area contributed by atoms with Crippen LogP contribution in [0.4, 0.5) is 70.2 Å². The van der Waals surface area contributed by atoms with Crippen molar-refractivity contribution in [3.8, 4) is 0 Å². The smallest absolute Gasteiger partial charge is 0.191 e. The predicted octanol–water partition coefficient (Wildman–Crippen LogP) is 5.80. The first-order chi connectivity index (χ1) is 9.99. The van der Waals surface area contributed by atoms with E-state index in [-0.39, 0.29) is 0 Å². The molecule has 16 heteroatoms. The van der Waals surface area contributed by atoms with Crippen molar-refractivity contribution in [3.63, 3.8) is 0 Å². The van der Waals surface area contributed by atoms with Gasteiger partial charge < -0.3 is 0 Å². The molecule has 0 N–H and O–H groups in total. The number of hydrogen-bond acceptors (Lipinski definition) is 0. The Morgan fingerprint density at radius 3 is 0.583 bits per heavy atom. The molecule has 0 atom stereocenters. The highest BCUT2D eigenvalue weighted by molar-refractivity contribution is 5.36. The maximum absolute atomic E-state index is 12.7. The normalized spacial score (nSPS) is 17.0. The second-order valence-electron chi connectivity index (χ2n) is 3.89. The summed E-state index contributed by atoms with van der Waals surface area (Å²) in [7, 11) is 0. The summed E-state index contributed by atoms with van der Waals surface area (Å²) in [5, 5.41) is 0. The summed E-state index contributed by atoms with van der Waals surface area (Å²) >= 11 is 0. The molecule has 0 rings (SSSR count). The molecule has 0 radical (unpaired) electrons. The van der Waals surface area contributed by atoms with Crippen molar-refractivity contribution in [1.82, 2.24) is 0 Å². The molecular weight excluding hydrogens is 400 g/mol. The zero-order valence-electron chi connectivity index (χ0n) is 10.0. The van der Waals surface area contributed by atoms with Crippen LogP contribution in [-0.4, -0.2) is 36.6 Å². The van der Waals surface area contributed by atoms with Crippen LogP contribution < -0.4 is 0 Å². The lowest BCUT2D eigenvalue weighted by atomic mass is 9.94. The summed E-state index contributed by atoms with van der Waals surface area (Å²) in [6.45, 7) is 0. The Morgan fingerprint density at radius 1 is 0.333 bits per heavy atom. The molecule has 0 aliphatic carbocycles. The van der Waals surface area contributed by atoms with Crippen molar-refractivity contribution in [3.05, 3.63) is 11.1 Å². The van der Waals surface area contributed by atoms with Gasteiger partial charge >= 0.3 is 36.6 Å². The molecule has 0 aromatic rings. The molecule has 0 heterocycles. The number of hydrogen-bond donors (Lipinski definition) is 0. The van der Waals surface area contributed by atoms with E-state index in [4.69, 9.17) is 0 Å². The molecule has 0 aliphatic rings. The Labute approximate surface area is 119 Å². The first-order valence-electron chi connectivity index (χ1n) is 4.77. The number of allylic oxidation sites excluding steroid dienone is 2. The highest BCUT2D eigenvalue weighted by Gasteiger charge is 2.75. The van der Waals surface area contributed by atoms with Gasteiger partial charge in [0.05, 0.1) is 0 Å². The minimum atomic E-state index is -7.70. The average Bonchev–Trinajstić information content (AvgIpc) is 2.17. The Morgan fingerprint density at radius 2 is 0.500 bits per heavy atom. The minimum absolute atomic E-state index is 5.41. The lowest BCUT2D eigenvalue weighted by Crippen LogP contribution is -2.51. The van der Waals surface area contributed by atoms with Crippen LogP contribution in [0.25, 0.3) is 0 Å². The molecule has 0 nitrogen and oxygen atoms in total. The van der Waals surface area contributed by atoms with E-state index in [0.717, 1.165) is 0 Å². The van der Waals surface area contributed by atoms with Gasteiger partial charge in [0.1, 0.15) is 11.1 Å². The highest BCUT2D eigenvalue weighted by Crippen LogP contribution is 2.56. The summed E-state index contributed by atoms with van der Waals surface area (Å²) in [6.07, 6.45) is -30.1. The first kappa shape index (κ1) is 22.6. The largest absolute Gasteiger partial charge is 0.458 e. The van der Waals surface area contributed by atoms with E-state index in [9.17, 15) is 70.2 Å². The first-order valence-corrected chi connectivity index (χ1v) is 4.77. The van der Waals surface area contributed by atoms with Crippen molar-refractivity contribution in [2.24, 2.45) is 0 Å². The van der Waals surface area contributed by atoms with Crippen LogP contribution in [0.1, 0.15) is 0 Å². The molecule has 0 bridgehead atoms. The van der Waals surface area contributed by atoms with Crippen molar-refractivity contribution in [2.45, 2.75) is 36.6 Å². The van der Waals surface area contributed by atoms with E-state index in [1.165, 1.54) is 0 Å². The van der Waals surface area contributed by atoms with Crippen LogP contribution in [0.15, 0.2) is 11.1 Å². The third-order valence-corrected chi connectivity index (χ3v) is 2.16. The molecule has 24 heavy (non-hydrogen) atoms. The Kier molecular flexibility index (Phi) is 5.25. The zero-order chi connectivity index (χ0) is 20.2. The second-order valence-corrected chi connectivity index (χ2v) is 3.89. The van der Waals surface area contributed by atoms with Crippen molar-refractivity contribution in [2.75, 3.05) is 0 Å². The number of alkyl halides is 16. The van der Waals surface area contributed by atoms with Crippen LogP contribution in [-0.2, 0) is 0 Å². The maximum atomic E-state index is 12.7. The van der Waals surface area contributed by atoms with E-state index in [0.29, 0.717) is 0 Å². The van der Waals surface area contributed by atoms with Crippen LogP contribution >= 0.6 is 0 Å². The molecule has 0 amide bonds. The number of rotatable bonds is 2. The van der Waals surface area contributed by atoms with Crippen molar-refractivity contribution >= 4 is 0 Å². The number of halogens is 16. The van der Waals surface area contributed by atoms with Crippen molar-refractivity contribution in [1.29, 1.82) is 0 Å². The second kappa shape index (κ2) is 5.57. The van der Waals surface area contributed by atoms with Gasteiger partial charge in [0.2, 0.25) is 0 Å². The van der Waals surface area contributed by atoms with Gasteiger partial charge in [-0.1, -0.05) is 0 Å². The SMILES string of the molecule is FC(F)(F)C(=C(C(F)(F)F)C(F)(F)C(F)(F)F)C(F)(F)C(F)(F)F. The summed E-state index contributed by atoms with van der Waals surface area (Å²) < 4.78 is 195. The van der Waals surface area contributed by atoms with E-state index in [2.05, 4.69) is 0 Å². The fraction of sp³-hybridized carbons (Fsp3) is 0.750. The maximum Gasteiger partial charge on any atom is 0.458 e. The van der Waals surface area contributed by atoms with Gasteiger partial charge in [0.25, 0.3) is 0 Å². The summed E-state index contributed by atoms with van der Waals surface area (Å²) in [5.74, 6) is -15.4. The van der Waals surface area contributed by atoms with Crippen LogP contribution in [0.5, 0.6) is 0 Å².